The molecule has 24 heavy (non-hydrogen) atoms. The van der Waals surface area contributed by atoms with Crippen LogP contribution >= 0.6 is 27.7 Å². The Morgan fingerprint density at radius 3 is 2.42 bits per heavy atom. The van der Waals surface area contributed by atoms with Gasteiger partial charge in [-0.2, -0.15) is 0 Å². The van der Waals surface area contributed by atoms with Crippen LogP contribution in [0.4, 0.5) is 0 Å². The van der Waals surface area contributed by atoms with Crippen molar-refractivity contribution in [2.45, 2.75) is 49.1 Å². The lowest BCUT2D eigenvalue weighted by Gasteiger charge is -2.27. The average molecular weight is 426 g/mol. The molecular weight excluding hydrogens is 402 g/mol. The summed E-state index contributed by atoms with van der Waals surface area (Å²) >= 11 is 4.39. The normalized spacial score (nSPS) is 14.4. The summed E-state index contributed by atoms with van der Waals surface area (Å²) in [5.74, 6) is 0.953. The van der Waals surface area contributed by atoms with E-state index < -0.39 is 11.4 Å². The molecule has 0 spiro atoms. The third kappa shape index (κ3) is 5.81. The van der Waals surface area contributed by atoms with Crippen LogP contribution in [-0.4, -0.2) is 9.30 Å². The minimum atomic E-state index is -1.09. The highest BCUT2D eigenvalue weighted by molar-refractivity contribution is 9.10. The molecule has 0 heterocycles. The molecule has 0 aliphatic heterocycles. The van der Waals surface area contributed by atoms with Crippen LogP contribution in [-0.2, 0) is 17.1 Å². The summed E-state index contributed by atoms with van der Waals surface area (Å²) in [6.45, 7) is 7.96. The summed E-state index contributed by atoms with van der Waals surface area (Å²) in [6, 6.07) is 16.9. The van der Waals surface area contributed by atoms with E-state index in [1.807, 2.05) is 45.5 Å². The maximum absolute atomic E-state index is 12.3. The predicted molar refractivity (Wildman–Crippen MR) is 110 cm³/mol. The zero-order valence-electron chi connectivity index (χ0n) is 14.5. The third-order valence-electron chi connectivity index (χ3n) is 3.53. The Morgan fingerprint density at radius 1 is 1.17 bits per heavy atom. The lowest BCUT2D eigenvalue weighted by molar-refractivity contribution is 0.531. The van der Waals surface area contributed by atoms with Gasteiger partial charge in [-0.15, -0.1) is 16.5 Å². The molecule has 2 nitrogen and oxygen atoms in total. The number of hydrogen-bond acceptors (Lipinski definition) is 3. The average Bonchev–Trinajstić information content (AvgIpc) is 2.53. The van der Waals surface area contributed by atoms with Crippen LogP contribution in [0.15, 0.2) is 57.9 Å². The van der Waals surface area contributed by atoms with Crippen LogP contribution in [0.3, 0.4) is 0 Å². The molecule has 130 valence electrons. The van der Waals surface area contributed by atoms with Gasteiger partial charge in [0.1, 0.15) is 4.75 Å². The van der Waals surface area contributed by atoms with Crippen molar-refractivity contribution in [1.82, 2.24) is 4.72 Å². The van der Waals surface area contributed by atoms with Gasteiger partial charge in [0.05, 0.1) is 6.04 Å². The molecule has 1 N–H and O–H groups in total. The highest BCUT2D eigenvalue weighted by atomic mass is 79.9. The molecule has 2 rings (SSSR count). The smallest absolute Gasteiger partial charge is 0.136 e. The lowest BCUT2D eigenvalue weighted by Crippen LogP contribution is -2.40. The molecule has 0 amide bonds. The topological polar surface area (TPSA) is 35.1 Å². The van der Waals surface area contributed by atoms with E-state index in [0.717, 1.165) is 15.8 Å². The van der Waals surface area contributed by atoms with Crippen molar-refractivity contribution in [2.75, 3.05) is 0 Å². The molecule has 5 heteroatoms. The second-order valence-corrected chi connectivity index (χ2v) is 10.6. The van der Waals surface area contributed by atoms with Crippen molar-refractivity contribution in [3.05, 3.63) is 64.1 Å². The predicted octanol–water partition coefficient (Wildman–Crippen LogP) is 5.85. The van der Waals surface area contributed by atoms with Crippen molar-refractivity contribution >= 4 is 39.1 Å². The third-order valence-corrected chi connectivity index (χ3v) is 6.96. The number of hydrogen-bond donors (Lipinski definition) is 1. The van der Waals surface area contributed by atoms with Gasteiger partial charge in [-0.25, -0.2) is 0 Å². The minimum Gasteiger partial charge on any atom is -0.598 e. The first-order chi connectivity index (χ1) is 11.3. The first-order valence-electron chi connectivity index (χ1n) is 7.91. The van der Waals surface area contributed by atoms with Gasteiger partial charge in [0.25, 0.3) is 0 Å². The molecular formula is C19H24BrNOS2. The maximum atomic E-state index is 12.3. The fraction of sp³-hybridized carbons (Fsp3) is 0.368. The SMILES string of the molecule is C[C@H](N[S@@+]([O-])C(C)(C)C)c1ccc(SCc2ccccc2)cc1Br. The molecule has 0 aliphatic carbocycles. The van der Waals surface area contributed by atoms with Crippen molar-refractivity contribution in [2.24, 2.45) is 0 Å². The zero-order valence-corrected chi connectivity index (χ0v) is 17.7. The summed E-state index contributed by atoms with van der Waals surface area (Å²) in [5.41, 5.74) is 2.44. The molecule has 0 radical (unpaired) electrons. The molecule has 0 saturated heterocycles. The number of rotatable bonds is 6. The Balaban J connectivity index is 2.01. The molecule has 0 bridgehead atoms. The van der Waals surface area contributed by atoms with E-state index in [0.29, 0.717) is 0 Å². The Hall–Kier alpha value is -0.460. The van der Waals surface area contributed by atoms with Crippen LogP contribution in [0.2, 0.25) is 0 Å². The van der Waals surface area contributed by atoms with Gasteiger partial charge in [-0.1, -0.05) is 52.3 Å². The number of thioether (sulfide) groups is 1. The molecule has 2 aromatic carbocycles. The molecule has 0 aliphatic rings. The van der Waals surface area contributed by atoms with Gasteiger partial charge >= 0.3 is 0 Å². The second kappa shape index (κ2) is 8.77. The highest BCUT2D eigenvalue weighted by Gasteiger charge is 2.28. The molecule has 2 aromatic rings. The first kappa shape index (κ1) is 19.9. The van der Waals surface area contributed by atoms with Crippen LogP contribution in [0.1, 0.15) is 44.9 Å². The Labute approximate surface area is 161 Å². The van der Waals surface area contributed by atoms with Crippen LogP contribution in [0.25, 0.3) is 0 Å². The highest BCUT2D eigenvalue weighted by Crippen LogP contribution is 2.31. The molecule has 0 fully saturated rings. The fourth-order valence-electron chi connectivity index (χ4n) is 2.09. The van der Waals surface area contributed by atoms with E-state index in [2.05, 4.69) is 63.1 Å². The zero-order chi connectivity index (χ0) is 17.7. The van der Waals surface area contributed by atoms with Gasteiger partial charge in [0.2, 0.25) is 0 Å². The molecule has 0 saturated carbocycles. The van der Waals surface area contributed by atoms with E-state index in [4.69, 9.17) is 0 Å². The van der Waals surface area contributed by atoms with Gasteiger partial charge in [-0.05, 0) is 51.0 Å². The van der Waals surface area contributed by atoms with E-state index in [1.54, 1.807) is 0 Å². The quantitative estimate of drug-likeness (QED) is 0.465. The van der Waals surface area contributed by atoms with E-state index >= 15 is 0 Å². The fourth-order valence-corrected chi connectivity index (χ4v) is 4.66. The summed E-state index contributed by atoms with van der Waals surface area (Å²) < 4.78 is 16.2. The molecule has 0 unspecified atom stereocenters. The summed E-state index contributed by atoms with van der Waals surface area (Å²) in [7, 11) is 0. The second-order valence-electron chi connectivity index (χ2n) is 6.68. The van der Waals surface area contributed by atoms with Crippen molar-refractivity contribution < 1.29 is 4.55 Å². The van der Waals surface area contributed by atoms with Gasteiger partial charge in [-0.3, -0.25) is 0 Å². The monoisotopic (exact) mass is 425 g/mol. The van der Waals surface area contributed by atoms with Crippen molar-refractivity contribution in [3.8, 4) is 0 Å². The Morgan fingerprint density at radius 2 is 1.83 bits per heavy atom. The first-order valence-corrected chi connectivity index (χ1v) is 10.8. The summed E-state index contributed by atoms with van der Waals surface area (Å²) in [4.78, 5) is 1.22. The molecule has 0 aromatic heterocycles. The Kier molecular flexibility index (Phi) is 7.25. The van der Waals surface area contributed by atoms with Gasteiger partial charge < -0.3 is 4.55 Å². The summed E-state index contributed by atoms with van der Waals surface area (Å²) in [5, 5.41) is 0. The van der Waals surface area contributed by atoms with E-state index in [1.165, 1.54) is 10.5 Å². The van der Waals surface area contributed by atoms with Crippen molar-refractivity contribution in [3.63, 3.8) is 0 Å². The number of nitrogens with one attached hydrogen (secondary N) is 1. The van der Waals surface area contributed by atoms with E-state index in [-0.39, 0.29) is 10.8 Å². The number of benzene rings is 2. The number of halogens is 1. The van der Waals surface area contributed by atoms with Gasteiger partial charge in [0.15, 0.2) is 0 Å². The largest absolute Gasteiger partial charge is 0.598 e. The van der Waals surface area contributed by atoms with Crippen LogP contribution in [0.5, 0.6) is 0 Å². The van der Waals surface area contributed by atoms with E-state index in [9.17, 15) is 4.55 Å². The standard InChI is InChI=1S/C19H24BrNOS2/c1-14(21-24(22)19(2,3)4)17-11-10-16(12-18(17)20)23-13-15-8-6-5-7-9-15/h5-12,14,21H,13H2,1-4H3/t14-,24-/m0/s1. The lowest BCUT2D eigenvalue weighted by atomic mass is 10.1. The van der Waals surface area contributed by atoms with Crippen LogP contribution < -0.4 is 4.72 Å². The van der Waals surface area contributed by atoms with Crippen molar-refractivity contribution in [1.29, 1.82) is 0 Å². The van der Waals surface area contributed by atoms with Gasteiger partial charge in [0, 0.05) is 26.5 Å². The Bertz CT molecular complexity index is 658. The minimum absolute atomic E-state index is 0.0209. The molecule has 2 atom stereocenters. The van der Waals surface area contributed by atoms with Crippen LogP contribution in [0, 0.1) is 0 Å². The maximum Gasteiger partial charge on any atom is 0.136 e. The summed E-state index contributed by atoms with van der Waals surface area (Å²) in [6.07, 6.45) is 0.